The van der Waals surface area contributed by atoms with Crippen LogP contribution in [0.1, 0.15) is 12.5 Å². The minimum absolute atomic E-state index is 0.157. The van der Waals surface area contributed by atoms with Gasteiger partial charge >= 0.3 is 0 Å². The molecule has 1 unspecified atom stereocenters. The van der Waals surface area contributed by atoms with E-state index in [1.54, 1.807) is 19.1 Å². The van der Waals surface area contributed by atoms with Gasteiger partial charge in [-0.25, -0.2) is 4.39 Å². The van der Waals surface area contributed by atoms with Crippen molar-refractivity contribution in [2.45, 2.75) is 13.3 Å². The van der Waals surface area contributed by atoms with Crippen LogP contribution in [-0.4, -0.2) is 6.29 Å². The molecule has 0 spiro atoms. The molecule has 0 saturated heterocycles. The van der Waals surface area contributed by atoms with Crippen LogP contribution in [0, 0.1) is 11.7 Å². The lowest BCUT2D eigenvalue weighted by molar-refractivity contribution is -0.110. The van der Waals surface area contributed by atoms with E-state index in [4.69, 9.17) is 11.6 Å². The Morgan fingerprint density at radius 2 is 2.31 bits per heavy atom. The molecule has 70 valence electrons. The number of hydrogen-bond acceptors (Lipinski definition) is 1. The molecule has 1 rings (SSSR count). The number of carbonyl (C=O) groups is 1. The molecule has 1 aromatic rings. The monoisotopic (exact) mass is 200 g/mol. The summed E-state index contributed by atoms with van der Waals surface area (Å²) in [5.41, 5.74) is 0.531. The predicted molar refractivity (Wildman–Crippen MR) is 50.3 cm³/mol. The number of aldehydes is 1. The van der Waals surface area contributed by atoms with Crippen molar-refractivity contribution in [3.05, 3.63) is 34.6 Å². The molecule has 1 atom stereocenters. The van der Waals surface area contributed by atoms with Crippen LogP contribution < -0.4 is 0 Å². The molecule has 13 heavy (non-hydrogen) atoms. The summed E-state index contributed by atoms with van der Waals surface area (Å²) in [5, 5.41) is 0.375. The van der Waals surface area contributed by atoms with E-state index in [1.807, 2.05) is 0 Å². The zero-order chi connectivity index (χ0) is 9.84. The van der Waals surface area contributed by atoms with Crippen molar-refractivity contribution in [1.82, 2.24) is 0 Å². The van der Waals surface area contributed by atoms with Crippen molar-refractivity contribution < 1.29 is 9.18 Å². The number of carbonyl (C=O) groups excluding carboxylic acids is 1. The van der Waals surface area contributed by atoms with E-state index in [9.17, 15) is 9.18 Å². The van der Waals surface area contributed by atoms with Crippen LogP contribution in [0.2, 0.25) is 5.02 Å². The molecule has 3 heteroatoms. The summed E-state index contributed by atoms with van der Waals surface area (Å²) in [5.74, 6) is -0.503. The summed E-state index contributed by atoms with van der Waals surface area (Å²) >= 11 is 5.58. The highest BCUT2D eigenvalue weighted by molar-refractivity contribution is 6.30. The first kappa shape index (κ1) is 10.2. The number of hydrogen-bond donors (Lipinski definition) is 0. The fourth-order valence-electron chi connectivity index (χ4n) is 1.08. The normalized spacial score (nSPS) is 12.5. The molecular weight excluding hydrogens is 191 g/mol. The molecule has 0 radical (unpaired) electrons. The van der Waals surface area contributed by atoms with Crippen LogP contribution in [-0.2, 0) is 11.2 Å². The second-order valence-corrected chi connectivity index (χ2v) is 3.49. The highest BCUT2D eigenvalue weighted by Crippen LogP contribution is 2.16. The van der Waals surface area contributed by atoms with E-state index in [0.29, 0.717) is 17.0 Å². The molecule has 0 aliphatic rings. The summed E-state index contributed by atoms with van der Waals surface area (Å²) in [7, 11) is 0. The summed E-state index contributed by atoms with van der Waals surface area (Å²) < 4.78 is 13.1. The molecule has 0 heterocycles. The maximum Gasteiger partial charge on any atom is 0.127 e. The van der Waals surface area contributed by atoms with Crippen molar-refractivity contribution >= 4 is 17.9 Å². The Hall–Kier alpha value is -0.890. The fraction of sp³-hybridized carbons (Fsp3) is 0.300. The minimum Gasteiger partial charge on any atom is -0.303 e. The van der Waals surface area contributed by atoms with E-state index < -0.39 is 0 Å². The van der Waals surface area contributed by atoms with Crippen molar-refractivity contribution in [3.8, 4) is 0 Å². The summed E-state index contributed by atoms with van der Waals surface area (Å²) in [6.45, 7) is 1.75. The van der Waals surface area contributed by atoms with Gasteiger partial charge in [-0.15, -0.1) is 0 Å². The lowest BCUT2D eigenvalue weighted by Gasteiger charge is -2.04. The van der Waals surface area contributed by atoms with Gasteiger partial charge in [0.2, 0.25) is 0 Å². The largest absolute Gasteiger partial charge is 0.303 e. The van der Waals surface area contributed by atoms with Crippen molar-refractivity contribution in [2.24, 2.45) is 5.92 Å². The quantitative estimate of drug-likeness (QED) is 0.686. The van der Waals surface area contributed by atoms with E-state index in [1.165, 1.54) is 6.07 Å². The predicted octanol–water partition coefficient (Wildman–Crippen LogP) is 2.86. The van der Waals surface area contributed by atoms with E-state index >= 15 is 0 Å². The van der Waals surface area contributed by atoms with Crippen molar-refractivity contribution in [3.63, 3.8) is 0 Å². The van der Waals surface area contributed by atoms with Gasteiger partial charge < -0.3 is 4.79 Å². The molecule has 0 aliphatic carbocycles. The van der Waals surface area contributed by atoms with Gasteiger partial charge in [0.05, 0.1) is 0 Å². The molecule has 0 amide bonds. The first-order chi connectivity index (χ1) is 6.13. The maximum absolute atomic E-state index is 13.1. The first-order valence-corrected chi connectivity index (χ1v) is 4.40. The average Bonchev–Trinajstić information content (AvgIpc) is 2.09. The maximum atomic E-state index is 13.1. The molecule has 0 fully saturated rings. The van der Waals surface area contributed by atoms with Gasteiger partial charge in [0.15, 0.2) is 0 Å². The second kappa shape index (κ2) is 4.38. The van der Waals surface area contributed by atoms with Gasteiger partial charge in [0.25, 0.3) is 0 Å². The molecular formula is C10H10ClFO. The standard InChI is InChI=1S/C10H10ClFO/c1-7(6-13)4-8-2-3-9(11)5-10(8)12/h2-3,5-7H,4H2,1H3. The average molecular weight is 201 g/mol. The minimum atomic E-state index is -0.346. The lowest BCUT2D eigenvalue weighted by Crippen LogP contribution is -2.02. The highest BCUT2D eigenvalue weighted by Gasteiger charge is 2.06. The Labute approximate surface area is 81.5 Å². The summed E-state index contributed by atoms with van der Waals surface area (Å²) in [6, 6.07) is 4.49. The Kier molecular flexibility index (Phi) is 3.43. The Bertz CT molecular complexity index is 312. The van der Waals surface area contributed by atoms with Crippen LogP contribution >= 0.6 is 11.6 Å². The third kappa shape index (κ3) is 2.81. The van der Waals surface area contributed by atoms with Crippen molar-refractivity contribution in [1.29, 1.82) is 0 Å². The van der Waals surface area contributed by atoms with E-state index in [2.05, 4.69) is 0 Å². The molecule has 1 nitrogen and oxygen atoms in total. The van der Waals surface area contributed by atoms with E-state index in [-0.39, 0.29) is 11.7 Å². The van der Waals surface area contributed by atoms with Gasteiger partial charge in [-0.05, 0) is 24.1 Å². The molecule has 1 aromatic carbocycles. The molecule has 0 N–H and O–H groups in total. The lowest BCUT2D eigenvalue weighted by atomic mass is 10.0. The molecule has 0 saturated carbocycles. The Balaban J connectivity index is 2.83. The number of halogens is 2. The van der Waals surface area contributed by atoms with Crippen LogP contribution in [0.15, 0.2) is 18.2 Å². The zero-order valence-electron chi connectivity index (χ0n) is 7.26. The molecule has 0 aromatic heterocycles. The summed E-state index contributed by atoms with van der Waals surface area (Å²) in [4.78, 5) is 10.3. The third-order valence-corrected chi connectivity index (χ3v) is 2.02. The van der Waals surface area contributed by atoms with Crippen LogP contribution in [0.25, 0.3) is 0 Å². The number of benzene rings is 1. The Morgan fingerprint density at radius 3 is 2.85 bits per heavy atom. The first-order valence-electron chi connectivity index (χ1n) is 4.02. The van der Waals surface area contributed by atoms with Gasteiger partial charge in [-0.3, -0.25) is 0 Å². The van der Waals surface area contributed by atoms with Gasteiger partial charge in [0.1, 0.15) is 12.1 Å². The fourth-order valence-corrected chi connectivity index (χ4v) is 1.24. The highest BCUT2D eigenvalue weighted by atomic mass is 35.5. The van der Waals surface area contributed by atoms with Crippen LogP contribution in [0.4, 0.5) is 4.39 Å². The van der Waals surface area contributed by atoms with E-state index in [0.717, 1.165) is 6.29 Å². The van der Waals surface area contributed by atoms with Crippen LogP contribution in [0.3, 0.4) is 0 Å². The third-order valence-electron chi connectivity index (χ3n) is 1.79. The topological polar surface area (TPSA) is 17.1 Å². The zero-order valence-corrected chi connectivity index (χ0v) is 8.01. The molecule has 0 aliphatic heterocycles. The van der Waals surface area contributed by atoms with Gasteiger partial charge in [0, 0.05) is 10.9 Å². The SMILES string of the molecule is CC(C=O)Cc1ccc(Cl)cc1F. The van der Waals surface area contributed by atoms with Gasteiger partial charge in [-0.2, -0.15) is 0 Å². The number of rotatable bonds is 3. The summed E-state index contributed by atoms with van der Waals surface area (Å²) in [6.07, 6.45) is 1.24. The van der Waals surface area contributed by atoms with Gasteiger partial charge in [-0.1, -0.05) is 24.6 Å². The molecule has 0 bridgehead atoms. The van der Waals surface area contributed by atoms with Crippen molar-refractivity contribution in [2.75, 3.05) is 0 Å². The Morgan fingerprint density at radius 1 is 1.62 bits per heavy atom. The van der Waals surface area contributed by atoms with Crippen LogP contribution in [0.5, 0.6) is 0 Å². The smallest absolute Gasteiger partial charge is 0.127 e. The second-order valence-electron chi connectivity index (χ2n) is 3.05.